The monoisotopic (exact) mass is 327 g/mol. The average molecular weight is 327 g/mol. The normalized spacial score (nSPS) is 18.5. The smallest absolute Gasteiger partial charge is 0.229 e. The molecule has 6 nitrogen and oxygen atoms in total. The van der Waals surface area contributed by atoms with Gasteiger partial charge in [-0.05, 0) is 50.9 Å². The van der Waals surface area contributed by atoms with Crippen LogP contribution in [0.25, 0.3) is 0 Å². The zero-order valence-corrected chi connectivity index (χ0v) is 14.2. The van der Waals surface area contributed by atoms with Gasteiger partial charge in [0.05, 0.1) is 12.2 Å². The summed E-state index contributed by atoms with van der Waals surface area (Å²) in [5, 5.41) is 2.99. The number of nitrogens with zero attached hydrogens (tertiary/aromatic N) is 4. The summed E-state index contributed by atoms with van der Waals surface area (Å²) < 4.78 is 2.10. The Labute approximate surface area is 142 Å². The number of likely N-dealkylation sites (tertiary alicyclic amines) is 1. The van der Waals surface area contributed by atoms with E-state index in [-0.39, 0.29) is 11.8 Å². The van der Waals surface area contributed by atoms with Crippen LogP contribution in [0.15, 0.2) is 37.1 Å². The second-order valence-electron chi connectivity index (χ2n) is 6.45. The first kappa shape index (κ1) is 16.6. The number of pyridine rings is 1. The number of carbonyl (C=O) groups excluding carboxylic acids is 1. The van der Waals surface area contributed by atoms with Crippen molar-refractivity contribution >= 4 is 11.7 Å². The Morgan fingerprint density at radius 1 is 1.38 bits per heavy atom. The van der Waals surface area contributed by atoms with Gasteiger partial charge in [-0.2, -0.15) is 0 Å². The molecule has 1 aliphatic heterocycles. The van der Waals surface area contributed by atoms with Crippen LogP contribution in [0.1, 0.15) is 24.8 Å². The molecule has 1 N–H and O–H groups in total. The van der Waals surface area contributed by atoms with Crippen molar-refractivity contribution in [3.63, 3.8) is 0 Å². The topological polar surface area (TPSA) is 63.1 Å². The number of rotatable bonds is 6. The van der Waals surface area contributed by atoms with E-state index < -0.39 is 0 Å². The largest absolute Gasteiger partial charge is 0.337 e. The van der Waals surface area contributed by atoms with Gasteiger partial charge in [-0.25, -0.2) is 9.97 Å². The minimum atomic E-state index is 0.0494. The molecule has 1 aliphatic rings. The number of nitrogens with one attached hydrogen (secondary N) is 1. The maximum absolute atomic E-state index is 12.5. The van der Waals surface area contributed by atoms with Crippen molar-refractivity contribution in [2.24, 2.45) is 5.92 Å². The predicted molar refractivity (Wildman–Crippen MR) is 93.6 cm³/mol. The fourth-order valence-corrected chi connectivity index (χ4v) is 3.20. The molecular weight excluding hydrogens is 302 g/mol. The molecule has 0 spiro atoms. The minimum Gasteiger partial charge on any atom is -0.337 e. The summed E-state index contributed by atoms with van der Waals surface area (Å²) in [6.07, 6.45) is 10.5. The van der Waals surface area contributed by atoms with Crippen LogP contribution >= 0.6 is 0 Å². The fraction of sp³-hybridized carbons (Fsp3) is 0.500. The lowest BCUT2D eigenvalue weighted by Gasteiger charge is -2.32. The second-order valence-corrected chi connectivity index (χ2v) is 6.45. The fourth-order valence-electron chi connectivity index (χ4n) is 3.20. The van der Waals surface area contributed by atoms with E-state index in [1.54, 1.807) is 12.4 Å². The molecule has 1 fully saturated rings. The van der Waals surface area contributed by atoms with Crippen LogP contribution in [0.3, 0.4) is 0 Å². The Bertz CT molecular complexity index is 655. The molecule has 0 saturated carbocycles. The number of aromatic nitrogens is 3. The van der Waals surface area contributed by atoms with E-state index >= 15 is 0 Å². The molecule has 2 aromatic rings. The SMILES string of the molecule is Cc1cccnc1NC(=O)[C@H]1CCCN(CCCn2ccnc2)C1. The summed E-state index contributed by atoms with van der Waals surface area (Å²) in [7, 11) is 0. The predicted octanol–water partition coefficient (Wildman–Crippen LogP) is 2.33. The molecule has 24 heavy (non-hydrogen) atoms. The maximum atomic E-state index is 12.5. The molecule has 0 unspecified atom stereocenters. The molecule has 0 aliphatic carbocycles. The van der Waals surface area contributed by atoms with Gasteiger partial charge in [-0.15, -0.1) is 0 Å². The van der Waals surface area contributed by atoms with Crippen molar-refractivity contribution in [3.05, 3.63) is 42.6 Å². The number of hydrogen-bond acceptors (Lipinski definition) is 4. The van der Waals surface area contributed by atoms with Crippen molar-refractivity contribution in [3.8, 4) is 0 Å². The zero-order valence-electron chi connectivity index (χ0n) is 14.2. The van der Waals surface area contributed by atoms with Crippen LogP contribution in [-0.4, -0.2) is 45.0 Å². The van der Waals surface area contributed by atoms with Crippen molar-refractivity contribution in [2.75, 3.05) is 25.0 Å². The van der Waals surface area contributed by atoms with E-state index in [9.17, 15) is 4.79 Å². The van der Waals surface area contributed by atoms with Crippen molar-refractivity contribution in [1.82, 2.24) is 19.4 Å². The number of carbonyl (C=O) groups is 1. The number of piperidine rings is 1. The molecule has 0 bridgehead atoms. The maximum Gasteiger partial charge on any atom is 0.229 e. The molecule has 1 amide bonds. The van der Waals surface area contributed by atoms with E-state index in [0.717, 1.165) is 51.0 Å². The summed E-state index contributed by atoms with van der Waals surface area (Å²) >= 11 is 0. The van der Waals surface area contributed by atoms with Gasteiger partial charge in [0.2, 0.25) is 5.91 Å². The van der Waals surface area contributed by atoms with Crippen molar-refractivity contribution in [2.45, 2.75) is 32.7 Å². The Balaban J connectivity index is 1.47. The average Bonchev–Trinajstić information content (AvgIpc) is 3.11. The van der Waals surface area contributed by atoms with Crippen molar-refractivity contribution in [1.29, 1.82) is 0 Å². The molecule has 1 atom stereocenters. The number of amides is 1. The van der Waals surface area contributed by atoms with Crippen molar-refractivity contribution < 1.29 is 4.79 Å². The van der Waals surface area contributed by atoms with Gasteiger partial charge >= 0.3 is 0 Å². The van der Waals surface area contributed by atoms with E-state index in [2.05, 4.69) is 24.8 Å². The highest BCUT2D eigenvalue weighted by Crippen LogP contribution is 2.19. The first-order valence-electron chi connectivity index (χ1n) is 8.63. The van der Waals surface area contributed by atoms with E-state index in [1.807, 2.05) is 31.6 Å². The molecular formula is C18H25N5O. The molecule has 1 saturated heterocycles. The minimum absolute atomic E-state index is 0.0494. The number of imidazole rings is 1. The van der Waals surface area contributed by atoms with E-state index in [0.29, 0.717) is 5.82 Å². The third kappa shape index (κ3) is 4.41. The second kappa shape index (κ2) is 8.06. The molecule has 0 aromatic carbocycles. The Morgan fingerprint density at radius 2 is 2.29 bits per heavy atom. The Kier molecular flexibility index (Phi) is 5.59. The quantitative estimate of drug-likeness (QED) is 0.884. The Hall–Kier alpha value is -2.21. The van der Waals surface area contributed by atoms with Gasteiger partial charge in [0.25, 0.3) is 0 Å². The molecule has 2 aromatic heterocycles. The van der Waals surface area contributed by atoms with Crippen LogP contribution in [0, 0.1) is 12.8 Å². The molecule has 3 heterocycles. The van der Waals surface area contributed by atoms with Gasteiger partial charge in [0.15, 0.2) is 0 Å². The zero-order chi connectivity index (χ0) is 16.8. The molecule has 3 rings (SSSR count). The lowest BCUT2D eigenvalue weighted by Crippen LogP contribution is -2.41. The third-order valence-corrected chi connectivity index (χ3v) is 4.58. The summed E-state index contributed by atoms with van der Waals surface area (Å²) in [5.74, 6) is 0.823. The summed E-state index contributed by atoms with van der Waals surface area (Å²) in [5.41, 5.74) is 0.999. The highest BCUT2D eigenvalue weighted by atomic mass is 16.2. The van der Waals surface area contributed by atoms with Gasteiger partial charge in [0.1, 0.15) is 5.82 Å². The first-order chi connectivity index (χ1) is 11.7. The number of aryl methyl sites for hydroxylation is 2. The summed E-state index contributed by atoms with van der Waals surface area (Å²) in [4.78, 5) is 23.3. The molecule has 6 heteroatoms. The van der Waals surface area contributed by atoms with Gasteiger partial charge < -0.3 is 14.8 Å². The van der Waals surface area contributed by atoms with Crippen LogP contribution < -0.4 is 5.32 Å². The Morgan fingerprint density at radius 3 is 3.08 bits per heavy atom. The van der Waals surface area contributed by atoms with Gasteiger partial charge in [0, 0.05) is 31.7 Å². The van der Waals surface area contributed by atoms with Gasteiger partial charge in [-0.3, -0.25) is 4.79 Å². The lowest BCUT2D eigenvalue weighted by atomic mass is 9.97. The lowest BCUT2D eigenvalue weighted by molar-refractivity contribution is -0.121. The van der Waals surface area contributed by atoms with Crippen LogP contribution in [0.5, 0.6) is 0 Å². The highest BCUT2D eigenvalue weighted by Gasteiger charge is 2.26. The van der Waals surface area contributed by atoms with Crippen LogP contribution in [-0.2, 0) is 11.3 Å². The number of hydrogen-bond donors (Lipinski definition) is 1. The third-order valence-electron chi connectivity index (χ3n) is 4.58. The van der Waals surface area contributed by atoms with Crippen LogP contribution in [0.4, 0.5) is 5.82 Å². The number of anilines is 1. The molecule has 0 radical (unpaired) electrons. The summed E-state index contributed by atoms with van der Waals surface area (Å²) in [6.45, 7) is 5.87. The van der Waals surface area contributed by atoms with E-state index in [4.69, 9.17) is 0 Å². The van der Waals surface area contributed by atoms with E-state index in [1.165, 1.54) is 0 Å². The molecule has 128 valence electrons. The first-order valence-corrected chi connectivity index (χ1v) is 8.63. The summed E-state index contributed by atoms with van der Waals surface area (Å²) in [6, 6.07) is 3.85. The standard InChI is InChI=1S/C18H25N5O/c1-15-5-2-7-20-17(15)21-18(24)16-6-3-9-22(13-16)10-4-11-23-12-8-19-14-23/h2,5,7-8,12,14,16H,3-4,6,9-11,13H2,1H3,(H,20,21,24)/t16-/m0/s1. The van der Waals surface area contributed by atoms with Crippen LogP contribution in [0.2, 0.25) is 0 Å². The highest BCUT2D eigenvalue weighted by molar-refractivity contribution is 5.92. The van der Waals surface area contributed by atoms with Gasteiger partial charge in [-0.1, -0.05) is 6.07 Å².